The minimum Gasteiger partial charge on any atom is -0.251 e. The SMILES string of the molecule is c1ccc2c(c1)-c1ccccc1C21CCCc2cc3ccccc3nc21. The predicted octanol–water partition coefficient (Wildman–Crippen LogP) is 5.89. The Balaban J connectivity index is 1.76. The Hall–Kier alpha value is -2.93. The summed E-state index contributed by atoms with van der Waals surface area (Å²) in [6, 6.07) is 28.8. The molecule has 3 aromatic carbocycles. The molecule has 0 bridgehead atoms. The first-order valence-electron chi connectivity index (χ1n) is 9.46. The van der Waals surface area contributed by atoms with Gasteiger partial charge in [0, 0.05) is 5.39 Å². The summed E-state index contributed by atoms with van der Waals surface area (Å²) in [7, 11) is 0. The van der Waals surface area contributed by atoms with Crippen LogP contribution in [0.15, 0.2) is 78.9 Å². The summed E-state index contributed by atoms with van der Waals surface area (Å²) >= 11 is 0. The first-order valence-corrected chi connectivity index (χ1v) is 9.46. The summed E-state index contributed by atoms with van der Waals surface area (Å²) in [6.07, 6.45) is 3.47. The summed E-state index contributed by atoms with van der Waals surface area (Å²) < 4.78 is 0. The molecule has 1 heteroatoms. The van der Waals surface area contributed by atoms with Crippen LogP contribution in [-0.4, -0.2) is 4.98 Å². The topological polar surface area (TPSA) is 12.9 Å². The third kappa shape index (κ3) is 1.68. The zero-order valence-electron chi connectivity index (χ0n) is 14.6. The van der Waals surface area contributed by atoms with Gasteiger partial charge in [0.05, 0.1) is 16.6 Å². The van der Waals surface area contributed by atoms with Crippen LogP contribution in [0.4, 0.5) is 0 Å². The molecule has 2 aliphatic rings. The summed E-state index contributed by atoms with van der Waals surface area (Å²) in [6.45, 7) is 0. The molecule has 6 rings (SSSR count). The highest BCUT2D eigenvalue weighted by Gasteiger charge is 2.47. The fourth-order valence-corrected chi connectivity index (χ4v) is 5.23. The molecule has 1 spiro atoms. The predicted molar refractivity (Wildman–Crippen MR) is 106 cm³/mol. The molecule has 124 valence electrons. The average Bonchev–Trinajstić information content (AvgIpc) is 2.98. The van der Waals surface area contributed by atoms with Crippen LogP contribution in [0.5, 0.6) is 0 Å². The standard InChI is InChI=1S/C25H19N/c1-6-14-23-17(8-1)16-18-9-7-15-25(24(18)26-23)21-12-4-2-10-19(21)20-11-3-5-13-22(20)25/h1-6,8,10-14,16H,7,9,15H2. The van der Waals surface area contributed by atoms with Gasteiger partial charge in [-0.3, -0.25) is 4.98 Å². The van der Waals surface area contributed by atoms with Crippen LogP contribution < -0.4 is 0 Å². The molecular formula is C25H19N. The quantitative estimate of drug-likeness (QED) is 0.391. The number of pyridine rings is 1. The van der Waals surface area contributed by atoms with Crippen LogP contribution in [0, 0.1) is 0 Å². The Bertz CT molecular complexity index is 1130. The maximum absolute atomic E-state index is 5.25. The number of fused-ring (bicyclic) bond motifs is 8. The maximum Gasteiger partial charge on any atom is 0.0706 e. The Morgan fingerprint density at radius 3 is 2.15 bits per heavy atom. The number of hydrogen-bond donors (Lipinski definition) is 0. The zero-order chi connectivity index (χ0) is 17.1. The smallest absolute Gasteiger partial charge is 0.0706 e. The van der Waals surface area contributed by atoms with Gasteiger partial charge < -0.3 is 0 Å². The molecule has 4 aromatic rings. The van der Waals surface area contributed by atoms with Crippen molar-refractivity contribution in [3.8, 4) is 11.1 Å². The second-order valence-corrected chi connectivity index (χ2v) is 7.54. The summed E-state index contributed by atoms with van der Waals surface area (Å²) in [5.41, 5.74) is 9.34. The van der Waals surface area contributed by atoms with Crippen LogP contribution in [0.3, 0.4) is 0 Å². The van der Waals surface area contributed by atoms with Crippen molar-refractivity contribution in [2.75, 3.05) is 0 Å². The number of para-hydroxylation sites is 1. The third-order valence-electron chi connectivity index (χ3n) is 6.27. The number of rotatable bonds is 0. The van der Waals surface area contributed by atoms with Gasteiger partial charge in [0.15, 0.2) is 0 Å². The lowest BCUT2D eigenvalue weighted by molar-refractivity contribution is 0.494. The Morgan fingerprint density at radius 2 is 1.38 bits per heavy atom. The fourth-order valence-electron chi connectivity index (χ4n) is 5.23. The molecule has 0 saturated carbocycles. The lowest BCUT2D eigenvalue weighted by atomic mass is 9.66. The van der Waals surface area contributed by atoms with Crippen molar-refractivity contribution in [2.45, 2.75) is 24.7 Å². The number of aromatic nitrogens is 1. The van der Waals surface area contributed by atoms with Gasteiger partial charge in [0.2, 0.25) is 0 Å². The van der Waals surface area contributed by atoms with Gasteiger partial charge in [-0.2, -0.15) is 0 Å². The van der Waals surface area contributed by atoms with Crippen LogP contribution >= 0.6 is 0 Å². The molecule has 0 atom stereocenters. The van der Waals surface area contributed by atoms with Crippen molar-refractivity contribution in [3.63, 3.8) is 0 Å². The molecule has 0 saturated heterocycles. The molecule has 0 unspecified atom stereocenters. The molecule has 2 aliphatic carbocycles. The fraction of sp³-hybridized carbons (Fsp3) is 0.160. The highest BCUT2D eigenvalue weighted by molar-refractivity contribution is 5.85. The maximum atomic E-state index is 5.25. The molecule has 0 radical (unpaired) electrons. The highest BCUT2D eigenvalue weighted by Crippen LogP contribution is 2.56. The van der Waals surface area contributed by atoms with Crippen molar-refractivity contribution in [2.24, 2.45) is 0 Å². The third-order valence-corrected chi connectivity index (χ3v) is 6.27. The van der Waals surface area contributed by atoms with E-state index in [-0.39, 0.29) is 5.41 Å². The normalized spacial score (nSPS) is 16.3. The minimum atomic E-state index is -0.0925. The molecule has 26 heavy (non-hydrogen) atoms. The van der Waals surface area contributed by atoms with E-state index in [0.29, 0.717) is 0 Å². The highest BCUT2D eigenvalue weighted by atomic mass is 14.8. The molecule has 1 aromatic heterocycles. The Morgan fingerprint density at radius 1 is 0.731 bits per heavy atom. The van der Waals surface area contributed by atoms with E-state index in [1.54, 1.807) is 0 Å². The molecule has 0 fully saturated rings. The number of nitrogens with zero attached hydrogens (tertiary/aromatic N) is 1. The van der Waals surface area contributed by atoms with Gasteiger partial charge in [0.25, 0.3) is 0 Å². The lowest BCUT2D eigenvalue weighted by Gasteiger charge is -2.37. The molecule has 0 aliphatic heterocycles. The van der Waals surface area contributed by atoms with E-state index in [1.807, 2.05) is 0 Å². The number of hydrogen-bond acceptors (Lipinski definition) is 1. The van der Waals surface area contributed by atoms with Crippen LogP contribution in [-0.2, 0) is 11.8 Å². The number of aryl methyl sites for hydroxylation is 1. The summed E-state index contributed by atoms with van der Waals surface area (Å²) in [4.78, 5) is 5.25. The Labute approximate surface area is 153 Å². The molecule has 0 N–H and O–H groups in total. The van der Waals surface area contributed by atoms with E-state index in [9.17, 15) is 0 Å². The Kier molecular flexibility index (Phi) is 2.77. The van der Waals surface area contributed by atoms with Gasteiger partial charge in [-0.05, 0) is 59.2 Å². The minimum absolute atomic E-state index is 0.0925. The number of benzene rings is 3. The van der Waals surface area contributed by atoms with Crippen molar-refractivity contribution >= 4 is 10.9 Å². The molecule has 0 amide bonds. The summed E-state index contributed by atoms with van der Waals surface area (Å²) in [5.74, 6) is 0. The van der Waals surface area contributed by atoms with E-state index in [1.165, 1.54) is 45.3 Å². The van der Waals surface area contributed by atoms with Crippen LogP contribution in [0.1, 0.15) is 35.2 Å². The lowest BCUT2D eigenvalue weighted by Crippen LogP contribution is -2.33. The largest absolute Gasteiger partial charge is 0.251 e. The van der Waals surface area contributed by atoms with E-state index in [4.69, 9.17) is 4.98 Å². The second-order valence-electron chi connectivity index (χ2n) is 7.54. The van der Waals surface area contributed by atoms with Crippen LogP contribution in [0.25, 0.3) is 22.0 Å². The molecular weight excluding hydrogens is 314 g/mol. The average molecular weight is 333 g/mol. The van der Waals surface area contributed by atoms with E-state index >= 15 is 0 Å². The second kappa shape index (κ2) is 5.04. The van der Waals surface area contributed by atoms with Gasteiger partial charge in [-0.1, -0.05) is 66.7 Å². The van der Waals surface area contributed by atoms with E-state index in [2.05, 4.69) is 78.9 Å². The first kappa shape index (κ1) is 14.3. The monoisotopic (exact) mass is 333 g/mol. The summed E-state index contributed by atoms with van der Waals surface area (Å²) in [5, 5.41) is 1.25. The van der Waals surface area contributed by atoms with Crippen molar-refractivity contribution < 1.29 is 0 Å². The van der Waals surface area contributed by atoms with Crippen molar-refractivity contribution in [1.82, 2.24) is 4.98 Å². The van der Waals surface area contributed by atoms with Gasteiger partial charge in [-0.15, -0.1) is 0 Å². The van der Waals surface area contributed by atoms with Gasteiger partial charge in [0.1, 0.15) is 0 Å². The molecule has 1 nitrogen and oxygen atoms in total. The first-order chi connectivity index (χ1) is 12.9. The van der Waals surface area contributed by atoms with Crippen molar-refractivity contribution in [1.29, 1.82) is 0 Å². The van der Waals surface area contributed by atoms with Crippen LogP contribution in [0.2, 0.25) is 0 Å². The van der Waals surface area contributed by atoms with E-state index in [0.717, 1.165) is 18.4 Å². The van der Waals surface area contributed by atoms with E-state index < -0.39 is 0 Å². The van der Waals surface area contributed by atoms with Crippen molar-refractivity contribution in [3.05, 3.63) is 101 Å². The van der Waals surface area contributed by atoms with Gasteiger partial charge in [-0.25, -0.2) is 0 Å². The molecule has 1 heterocycles. The van der Waals surface area contributed by atoms with Gasteiger partial charge >= 0.3 is 0 Å². The zero-order valence-corrected chi connectivity index (χ0v) is 14.6.